The maximum atomic E-state index is 12.9. The van der Waals surface area contributed by atoms with Crippen LogP contribution >= 0.6 is 0 Å². The lowest BCUT2D eigenvalue weighted by Crippen LogP contribution is -2.61. The minimum Gasteiger partial charge on any atom is -0.462 e. The number of rotatable bonds is 39. The molecule has 7 N–H and O–H groups in total. The maximum Gasteiger partial charge on any atom is 0.306 e. The first-order valence-electron chi connectivity index (χ1n) is 25.1. The van der Waals surface area contributed by atoms with Crippen molar-refractivity contribution in [3.05, 3.63) is 0 Å². The molecule has 2 aliphatic heterocycles. The summed E-state index contributed by atoms with van der Waals surface area (Å²) in [7, 11) is 0. The van der Waals surface area contributed by atoms with Crippen LogP contribution in [0.3, 0.4) is 0 Å². The normalized spacial score (nSPS) is 26.7. The number of carbonyl (C=O) groups excluding carboxylic acids is 2. The largest absolute Gasteiger partial charge is 0.462 e. The molecule has 0 saturated carbocycles. The van der Waals surface area contributed by atoms with Crippen LogP contribution in [0, 0.1) is 0 Å². The first-order chi connectivity index (χ1) is 30.5. The zero-order chi connectivity index (χ0) is 46.1. The Bertz CT molecular complexity index is 1110. The van der Waals surface area contributed by atoms with Crippen LogP contribution in [-0.4, -0.2) is 142 Å². The smallest absolute Gasteiger partial charge is 0.306 e. The average molecular weight is 907 g/mol. The van der Waals surface area contributed by atoms with Crippen LogP contribution in [0.4, 0.5) is 0 Å². The highest BCUT2D eigenvalue weighted by molar-refractivity contribution is 5.70. The minimum absolute atomic E-state index is 0.173. The molecule has 11 unspecified atom stereocenters. The van der Waals surface area contributed by atoms with Crippen molar-refractivity contribution in [2.45, 2.75) is 268 Å². The second-order valence-corrected chi connectivity index (χ2v) is 18.0. The Labute approximate surface area is 378 Å². The van der Waals surface area contributed by atoms with E-state index in [-0.39, 0.29) is 26.1 Å². The van der Waals surface area contributed by atoms with Gasteiger partial charge in [0.25, 0.3) is 0 Å². The molecule has 2 aliphatic rings. The number of unbranched alkanes of at least 4 members (excludes halogenated alkanes) is 25. The maximum absolute atomic E-state index is 12.9. The van der Waals surface area contributed by atoms with Gasteiger partial charge in [-0.15, -0.1) is 0 Å². The van der Waals surface area contributed by atoms with Crippen LogP contribution in [0.5, 0.6) is 0 Å². The van der Waals surface area contributed by atoms with Crippen molar-refractivity contribution < 1.29 is 73.8 Å². The number of hydrogen-bond donors (Lipinski definition) is 7. The van der Waals surface area contributed by atoms with Gasteiger partial charge >= 0.3 is 11.9 Å². The highest BCUT2D eigenvalue weighted by Gasteiger charge is 2.47. The van der Waals surface area contributed by atoms with Gasteiger partial charge in [0.05, 0.1) is 19.8 Å². The summed E-state index contributed by atoms with van der Waals surface area (Å²) < 4.78 is 33.4. The summed E-state index contributed by atoms with van der Waals surface area (Å²) in [6.07, 6.45) is 16.2. The van der Waals surface area contributed by atoms with Crippen molar-refractivity contribution in [3.63, 3.8) is 0 Å². The molecule has 0 spiro atoms. The van der Waals surface area contributed by atoms with Crippen LogP contribution in [0.1, 0.15) is 200 Å². The van der Waals surface area contributed by atoms with Crippen molar-refractivity contribution in [1.82, 2.24) is 0 Å². The summed E-state index contributed by atoms with van der Waals surface area (Å²) in [5.41, 5.74) is 0. The molecule has 0 aromatic heterocycles. The van der Waals surface area contributed by atoms with E-state index in [0.29, 0.717) is 12.8 Å². The summed E-state index contributed by atoms with van der Waals surface area (Å²) in [6, 6.07) is 0. The quantitative estimate of drug-likeness (QED) is 0.0260. The lowest BCUT2D eigenvalue weighted by molar-refractivity contribution is -0.332. The van der Waals surface area contributed by atoms with Crippen LogP contribution < -0.4 is 0 Å². The van der Waals surface area contributed by atoms with Gasteiger partial charge in [-0.2, -0.15) is 0 Å². The molecular weight excluding hydrogens is 817 g/mol. The van der Waals surface area contributed by atoms with Crippen molar-refractivity contribution >= 4 is 11.9 Å². The predicted octanol–water partition coefficient (Wildman–Crippen LogP) is 6.43. The van der Waals surface area contributed by atoms with Gasteiger partial charge in [-0.1, -0.05) is 174 Å². The van der Waals surface area contributed by atoms with E-state index in [1.165, 1.54) is 109 Å². The zero-order valence-corrected chi connectivity index (χ0v) is 39.1. The van der Waals surface area contributed by atoms with Gasteiger partial charge in [-0.3, -0.25) is 9.59 Å². The Balaban J connectivity index is 1.72. The molecule has 11 atom stereocenters. The van der Waals surface area contributed by atoms with Crippen LogP contribution in [-0.2, 0) is 38.0 Å². The number of aliphatic hydroxyl groups excluding tert-OH is 7. The monoisotopic (exact) mass is 907 g/mol. The molecule has 0 aromatic rings. The standard InChI is InChI=1S/C48H90O15/c1-3-5-7-9-11-12-13-14-15-16-17-18-19-20-21-22-23-24-25-27-29-31-40(51)61-36(33-58-39(50)30-28-26-10-8-6-4-2)34-59-47-46(57)44(55)42(53)38(63-47)35-60-48-45(56)43(54)41(52)37(32-49)62-48/h36-38,41-49,52-57H,3-35H2,1-2H3. The molecule has 15 nitrogen and oxygen atoms in total. The van der Waals surface area contributed by atoms with E-state index >= 15 is 0 Å². The molecule has 0 aliphatic carbocycles. The van der Waals surface area contributed by atoms with Crippen molar-refractivity contribution in [2.75, 3.05) is 26.4 Å². The topological polar surface area (TPSA) is 231 Å². The molecule has 0 aromatic carbocycles. The Morgan fingerprint density at radius 1 is 0.444 bits per heavy atom. The molecule has 0 radical (unpaired) electrons. The highest BCUT2D eigenvalue weighted by atomic mass is 16.7. The van der Waals surface area contributed by atoms with Gasteiger partial charge in [-0.25, -0.2) is 0 Å². The fourth-order valence-electron chi connectivity index (χ4n) is 8.16. The molecule has 372 valence electrons. The molecule has 2 fully saturated rings. The molecule has 2 saturated heterocycles. The summed E-state index contributed by atoms with van der Waals surface area (Å²) >= 11 is 0. The third-order valence-electron chi connectivity index (χ3n) is 12.3. The van der Waals surface area contributed by atoms with Gasteiger partial charge in [-0.05, 0) is 12.8 Å². The third kappa shape index (κ3) is 25.3. The molecule has 63 heavy (non-hydrogen) atoms. The van der Waals surface area contributed by atoms with E-state index in [4.69, 9.17) is 28.4 Å². The number of hydrogen-bond acceptors (Lipinski definition) is 15. The van der Waals surface area contributed by atoms with E-state index < -0.39 is 92.7 Å². The van der Waals surface area contributed by atoms with Crippen LogP contribution in [0.15, 0.2) is 0 Å². The first-order valence-corrected chi connectivity index (χ1v) is 25.1. The minimum atomic E-state index is -1.76. The second-order valence-electron chi connectivity index (χ2n) is 18.0. The number of esters is 2. The van der Waals surface area contributed by atoms with Gasteiger partial charge in [0.1, 0.15) is 55.4 Å². The Kier molecular flexibility index (Phi) is 33.5. The Morgan fingerprint density at radius 2 is 0.810 bits per heavy atom. The van der Waals surface area contributed by atoms with Crippen LogP contribution in [0.25, 0.3) is 0 Å². The average Bonchev–Trinajstić information content (AvgIpc) is 3.28. The van der Waals surface area contributed by atoms with Crippen LogP contribution in [0.2, 0.25) is 0 Å². The fraction of sp³-hybridized carbons (Fsp3) is 0.958. The van der Waals surface area contributed by atoms with E-state index in [2.05, 4.69) is 13.8 Å². The van der Waals surface area contributed by atoms with Gasteiger partial charge < -0.3 is 64.2 Å². The summed E-state index contributed by atoms with van der Waals surface area (Å²) in [4.78, 5) is 25.5. The second kappa shape index (κ2) is 36.6. The summed E-state index contributed by atoms with van der Waals surface area (Å²) in [5.74, 6) is -0.923. The van der Waals surface area contributed by atoms with E-state index in [1.54, 1.807) is 0 Å². The SMILES string of the molecule is CCCCCCCCCCCCCCCCCCCCCCCC(=O)OC(COC(=O)CCCCCCCC)COC1OC(COC2OC(CO)C(O)C(O)C2O)C(O)C(O)C1O. The molecular formula is C48H90O15. The first kappa shape index (κ1) is 57.6. The van der Waals surface area contributed by atoms with Crippen molar-refractivity contribution in [1.29, 1.82) is 0 Å². The lowest BCUT2D eigenvalue weighted by Gasteiger charge is -2.42. The fourth-order valence-corrected chi connectivity index (χ4v) is 8.16. The molecule has 0 amide bonds. The molecule has 2 heterocycles. The van der Waals surface area contributed by atoms with Crippen molar-refractivity contribution in [3.8, 4) is 0 Å². The summed E-state index contributed by atoms with van der Waals surface area (Å²) in [6.45, 7) is 2.54. The predicted molar refractivity (Wildman–Crippen MR) is 238 cm³/mol. The molecule has 0 bridgehead atoms. The molecule has 2 rings (SSSR count). The van der Waals surface area contributed by atoms with E-state index in [0.717, 1.165) is 51.4 Å². The zero-order valence-electron chi connectivity index (χ0n) is 39.1. The van der Waals surface area contributed by atoms with Gasteiger partial charge in [0.2, 0.25) is 0 Å². The van der Waals surface area contributed by atoms with E-state index in [9.17, 15) is 45.3 Å². The van der Waals surface area contributed by atoms with E-state index in [1.807, 2.05) is 0 Å². The Hall–Kier alpha value is -1.50. The molecule has 15 heteroatoms. The lowest BCUT2D eigenvalue weighted by atomic mass is 9.98. The van der Waals surface area contributed by atoms with Gasteiger partial charge in [0, 0.05) is 12.8 Å². The summed E-state index contributed by atoms with van der Waals surface area (Å²) in [5, 5.41) is 71.8. The number of aliphatic hydroxyl groups is 7. The number of carbonyl (C=O) groups is 2. The van der Waals surface area contributed by atoms with Gasteiger partial charge in [0.15, 0.2) is 18.7 Å². The highest BCUT2D eigenvalue weighted by Crippen LogP contribution is 2.26. The third-order valence-corrected chi connectivity index (χ3v) is 12.3. The Morgan fingerprint density at radius 3 is 1.24 bits per heavy atom. The van der Waals surface area contributed by atoms with Crippen molar-refractivity contribution in [2.24, 2.45) is 0 Å². The number of ether oxygens (including phenoxy) is 6.